The van der Waals surface area contributed by atoms with Crippen molar-refractivity contribution in [1.82, 2.24) is 0 Å². The summed E-state index contributed by atoms with van der Waals surface area (Å²) < 4.78 is 5.60. The second kappa shape index (κ2) is 10.8. The molecular formula is C31H19N4O2. The largest absolute Gasteiger partial charge is 0.422 e. The van der Waals surface area contributed by atoms with Crippen LogP contribution in [0, 0.1) is 76.9 Å². The Balaban J connectivity index is 2.16. The molecule has 1 aromatic carbocycles. The summed E-state index contributed by atoms with van der Waals surface area (Å²) in [6.07, 6.45) is 7.28. The van der Waals surface area contributed by atoms with Crippen molar-refractivity contribution in [3.8, 4) is 35.6 Å². The lowest BCUT2D eigenvalue weighted by Crippen LogP contribution is -2.18. The maximum Gasteiger partial charge on any atom is 0.345 e. The van der Waals surface area contributed by atoms with Gasteiger partial charge in [0.25, 0.3) is 0 Å². The van der Waals surface area contributed by atoms with Crippen LogP contribution in [-0.2, 0) is 0 Å². The molecule has 1 aliphatic heterocycles. The summed E-state index contributed by atoms with van der Waals surface area (Å²) in [6.45, 7) is 4.06. The molecule has 0 unspecified atom stereocenters. The molecule has 6 nitrogen and oxygen atoms in total. The zero-order chi connectivity index (χ0) is 26.5. The number of nitriles is 4. The monoisotopic (exact) mass is 479 g/mol. The van der Waals surface area contributed by atoms with Crippen molar-refractivity contribution in [3.63, 3.8) is 0 Å². The van der Waals surface area contributed by atoms with Crippen molar-refractivity contribution in [2.75, 3.05) is 0 Å². The molecule has 2 aliphatic carbocycles. The fourth-order valence-corrected chi connectivity index (χ4v) is 4.23. The molecule has 0 aromatic heterocycles. The number of nitrogens with zero attached hydrogens (tertiary/aromatic N) is 4. The molecule has 0 amide bonds. The van der Waals surface area contributed by atoms with Gasteiger partial charge in [-0.1, -0.05) is 50.2 Å². The summed E-state index contributed by atoms with van der Waals surface area (Å²) in [5.41, 5.74) is 1.32. The predicted octanol–water partition coefficient (Wildman–Crippen LogP) is 4.12. The van der Waals surface area contributed by atoms with Crippen LogP contribution in [0.2, 0.25) is 0 Å². The summed E-state index contributed by atoms with van der Waals surface area (Å²) in [7, 11) is 0. The first kappa shape index (κ1) is 25.2. The Labute approximate surface area is 215 Å². The number of fused-ring (bicyclic) bond motifs is 1. The molecule has 1 saturated carbocycles. The molecule has 0 bridgehead atoms. The summed E-state index contributed by atoms with van der Waals surface area (Å²) >= 11 is 0. The highest BCUT2D eigenvalue weighted by molar-refractivity contribution is 6.10. The number of allylic oxidation sites excluding steroid dienone is 2. The average molecular weight is 480 g/mol. The Morgan fingerprint density at radius 2 is 1.46 bits per heavy atom. The van der Waals surface area contributed by atoms with Crippen LogP contribution >= 0.6 is 0 Å². The molecule has 6 heteroatoms. The van der Waals surface area contributed by atoms with Crippen molar-refractivity contribution in [2.24, 2.45) is 0 Å². The van der Waals surface area contributed by atoms with Crippen molar-refractivity contribution < 1.29 is 4.42 Å². The van der Waals surface area contributed by atoms with Gasteiger partial charge in [0.2, 0.25) is 0 Å². The third-order valence-corrected chi connectivity index (χ3v) is 6.07. The number of hydrogen-bond donors (Lipinski definition) is 0. The maximum absolute atomic E-state index is 13.3. The smallest absolute Gasteiger partial charge is 0.345 e. The molecule has 1 fully saturated rings. The van der Waals surface area contributed by atoms with E-state index in [0.29, 0.717) is 33.3 Å². The number of hydrogen-bond acceptors (Lipinski definition) is 6. The molecule has 0 spiro atoms. The second-order valence-electron chi connectivity index (χ2n) is 8.57. The Bertz CT molecular complexity index is 1670. The van der Waals surface area contributed by atoms with E-state index < -0.39 is 5.63 Å². The first-order valence-corrected chi connectivity index (χ1v) is 11.4. The van der Waals surface area contributed by atoms with Crippen LogP contribution in [0.4, 0.5) is 0 Å². The van der Waals surface area contributed by atoms with E-state index in [-0.39, 0.29) is 28.2 Å². The standard InChI is InChI=1S/C31H19N4O2/c1-19(2)23-8-5-9-27-26(14-23)30(31(36)37-27)29(25(17-34)18-35)28(21-6-3-4-7-21)22-12-10-20(11-13-22)24(15-32)16-33/h3-14,19H,1-2H3. The highest BCUT2D eigenvalue weighted by Crippen LogP contribution is 2.43. The molecule has 0 saturated heterocycles. The van der Waals surface area contributed by atoms with Gasteiger partial charge >= 0.3 is 5.63 Å². The normalized spacial score (nSPS) is 12.8. The van der Waals surface area contributed by atoms with Gasteiger partial charge in [-0.05, 0) is 60.1 Å². The van der Waals surface area contributed by atoms with Gasteiger partial charge in [-0.3, -0.25) is 0 Å². The molecule has 175 valence electrons. The summed E-state index contributed by atoms with van der Waals surface area (Å²) in [6, 6.07) is 21.6. The zero-order valence-electron chi connectivity index (χ0n) is 20.1. The van der Waals surface area contributed by atoms with E-state index in [1.807, 2.05) is 82.0 Å². The van der Waals surface area contributed by atoms with E-state index in [0.717, 1.165) is 5.56 Å². The van der Waals surface area contributed by atoms with Crippen molar-refractivity contribution in [1.29, 1.82) is 21.0 Å². The van der Waals surface area contributed by atoms with Crippen LogP contribution < -0.4 is 16.1 Å². The number of rotatable bonds is 4. The minimum atomic E-state index is -0.654. The lowest BCUT2D eigenvalue weighted by Gasteiger charge is -2.18. The lowest BCUT2D eigenvalue weighted by molar-refractivity contribution is 0.544. The van der Waals surface area contributed by atoms with Crippen molar-refractivity contribution in [2.45, 2.75) is 19.8 Å². The van der Waals surface area contributed by atoms with Crippen molar-refractivity contribution in [3.05, 3.63) is 118 Å². The van der Waals surface area contributed by atoms with Gasteiger partial charge in [-0.2, -0.15) is 21.0 Å². The van der Waals surface area contributed by atoms with Crippen LogP contribution in [0.25, 0.3) is 28.0 Å². The molecule has 4 rings (SSSR count). The molecule has 0 atom stereocenters. The van der Waals surface area contributed by atoms with Gasteiger partial charge in [-0.25, -0.2) is 4.79 Å². The number of furan rings is 1. The molecule has 37 heavy (non-hydrogen) atoms. The van der Waals surface area contributed by atoms with E-state index in [1.165, 1.54) is 0 Å². The SMILES string of the molecule is CC(C)c1cccc2oc(=O)c(C(=C(C#N)C#N)C([C]3[CH][CH][CH][CH]3)=c3ccc(=C(C#N)C#N)cc3)c-2c1. The minimum Gasteiger partial charge on any atom is -0.422 e. The van der Waals surface area contributed by atoms with Crippen LogP contribution in [0.15, 0.2) is 63.3 Å². The van der Waals surface area contributed by atoms with Gasteiger partial charge in [0.05, 0.1) is 5.56 Å². The molecule has 1 heterocycles. The van der Waals surface area contributed by atoms with Crippen LogP contribution in [-0.4, -0.2) is 0 Å². The zero-order valence-corrected chi connectivity index (χ0v) is 20.1. The topological polar surface area (TPSA) is 125 Å². The molecule has 0 N–H and O–H groups in total. The van der Waals surface area contributed by atoms with E-state index in [1.54, 1.807) is 30.3 Å². The van der Waals surface area contributed by atoms with Crippen LogP contribution in [0.1, 0.15) is 30.9 Å². The summed E-state index contributed by atoms with van der Waals surface area (Å²) in [5.74, 6) is 1.19. The Kier molecular flexibility index (Phi) is 7.34. The van der Waals surface area contributed by atoms with Crippen molar-refractivity contribution >= 4 is 16.7 Å². The van der Waals surface area contributed by atoms with Crippen LogP contribution in [0.3, 0.4) is 0 Å². The Morgan fingerprint density at radius 1 is 0.838 bits per heavy atom. The first-order valence-electron chi connectivity index (χ1n) is 11.4. The fraction of sp³-hybridized carbons (Fsp3) is 0.0968. The highest BCUT2D eigenvalue weighted by Gasteiger charge is 2.32. The van der Waals surface area contributed by atoms with E-state index in [2.05, 4.69) is 0 Å². The molecular weight excluding hydrogens is 460 g/mol. The van der Waals surface area contributed by atoms with E-state index in [9.17, 15) is 25.8 Å². The van der Waals surface area contributed by atoms with E-state index >= 15 is 0 Å². The van der Waals surface area contributed by atoms with Crippen LogP contribution in [0.5, 0.6) is 0 Å². The Morgan fingerprint density at radius 3 is 2.03 bits per heavy atom. The maximum atomic E-state index is 13.3. The molecule has 5 radical (unpaired) electrons. The Hall–Kier alpha value is -4.91. The van der Waals surface area contributed by atoms with Gasteiger partial charge in [-0.15, -0.1) is 0 Å². The second-order valence-corrected chi connectivity index (χ2v) is 8.57. The highest BCUT2D eigenvalue weighted by atomic mass is 16.4. The van der Waals surface area contributed by atoms with Gasteiger partial charge in [0.15, 0.2) is 0 Å². The lowest BCUT2D eigenvalue weighted by atomic mass is 9.82. The average Bonchev–Trinajstić information content (AvgIpc) is 3.47. The third kappa shape index (κ3) is 4.79. The van der Waals surface area contributed by atoms with E-state index in [4.69, 9.17) is 4.42 Å². The summed E-state index contributed by atoms with van der Waals surface area (Å²) in [4.78, 5) is 13.3. The minimum absolute atomic E-state index is 0.0386. The van der Waals surface area contributed by atoms with Gasteiger partial charge in [0, 0.05) is 22.3 Å². The van der Waals surface area contributed by atoms with Gasteiger partial charge in [0.1, 0.15) is 41.2 Å². The summed E-state index contributed by atoms with van der Waals surface area (Å²) in [5, 5.41) is 39.4. The quantitative estimate of drug-likeness (QED) is 0.518. The third-order valence-electron chi connectivity index (χ3n) is 6.07. The predicted molar refractivity (Wildman–Crippen MR) is 138 cm³/mol. The molecule has 3 aliphatic rings. The first-order chi connectivity index (χ1) is 17.9. The number of benzene rings is 1. The molecule has 1 aromatic rings. The fourth-order valence-electron chi connectivity index (χ4n) is 4.23. The van der Waals surface area contributed by atoms with Gasteiger partial charge < -0.3 is 4.42 Å².